The molecule has 8 heteroatoms. The molecular weight excluding hydrogens is 446 g/mol. The van der Waals surface area contributed by atoms with Crippen molar-refractivity contribution in [1.82, 2.24) is 5.43 Å². The number of nitrogens with one attached hydrogen (secondary N) is 1. The first-order valence-corrected chi connectivity index (χ1v) is 11.7. The lowest BCUT2D eigenvalue weighted by atomic mass is 10.00. The van der Waals surface area contributed by atoms with E-state index in [1.807, 2.05) is 32.9 Å². The van der Waals surface area contributed by atoms with Crippen LogP contribution in [0.5, 0.6) is 0 Å². The third-order valence-electron chi connectivity index (χ3n) is 5.23. The highest BCUT2D eigenvalue weighted by molar-refractivity contribution is 7.92. The molecule has 166 valence electrons. The average molecular weight is 470 g/mol. The van der Waals surface area contributed by atoms with Crippen LogP contribution in [0.3, 0.4) is 0 Å². The smallest absolute Gasteiger partial charge is 0.264 e. The summed E-state index contributed by atoms with van der Waals surface area (Å²) < 4.78 is 27.5. The molecule has 0 aliphatic carbocycles. The number of anilines is 1. The van der Waals surface area contributed by atoms with Crippen molar-refractivity contribution < 1.29 is 13.2 Å². The summed E-state index contributed by atoms with van der Waals surface area (Å²) in [6.07, 6.45) is 1.55. The van der Waals surface area contributed by atoms with Crippen LogP contribution in [0, 0.1) is 20.8 Å². The molecule has 0 spiro atoms. The molecule has 6 nitrogen and oxygen atoms in total. The molecule has 0 atom stereocenters. The first kappa shape index (κ1) is 23.5. The number of sulfonamides is 1. The number of amides is 1. The molecule has 0 saturated carbocycles. The lowest BCUT2D eigenvalue weighted by Gasteiger charge is -2.24. The second-order valence-electron chi connectivity index (χ2n) is 7.29. The SMILES string of the molecule is Cc1ccc(/C=N/NC(=O)CN(c2ccccc2Cl)S(=O)(=O)c2ccccc2)c(C)c1C. The van der Waals surface area contributed by atoms with Gasteiger partial charge in [0.25, 0.3) is 15.9 Å². The third-order valence-corrected chi connectivity index (χ3v) is 7.33. The summed E-state index contributed by atoms with van der Waals surface area (Å²) in [4.78, 5) is 12.7. The molecule has 0 bridgehead atoms. The van der Waals surface area contributed by atoms with Crippen LogP contribution < -0.4 is 9.73 Å². The molecule has 1 N–H and O–H groups in total. The minimum absolute atomic E-state index is 0.0574. The van der Waals surface area contributed by atoms with Crippen LogP contribution in [0.25, 0.3) is 0 Å². The third kappa shape index (κ3) is 5.18. The Labute approximate surface area is 193 Å². The van der Waals surface area contributed by atoms with Crippen molar-refractivity contribution in [1.29, 1.82) is 0 Å². The minimum atomic E-state index is -4.03. The molecule has 32 heavy (non-hydrogen) atoms. The van der Waals surface area contributed by atoms with Crippen LogP contribution >= 0.6 is 11.6 Å². The van der Waals surface area contributed by atoms with E-state index in [4.69, 9.17) is 11.6 Å². The molecule has 3 aromatic carbocycles. The molecule has 0 fully saturated rings. The Morgan fingerprint density at radius 3 is 2.31 bits per heavy atom. The number of halogens is 1. The molecule has 0 aliphatic heterocycles. The minimum Gasteiger partial charge on any atom is -0.271 e. The van der Waals surface area contributed by atoms with Gasteiger partial charge in [0.05, 0.1) is 21.8 Å². The summed E-state index contributed by atoms with van der Waals surface area (Å²) in [6, 6.07) is 18.3. The fourth-order valence-electron chi connectivity index (χ4n) is 3.13. The van der Waals surface area contributed by atoms with Gasteiger partial charge in [-0.2, -0.15) is 5.10 Å². The summed E-state index contributed by atoms with van der Waals surface area (Å²) in [5.41, 5.74) is 6.88. The van der Waals surface area contributed by atoms with E-state index in [0.717, 1.165) is 21.0 Å². The van der Waals surface area contributed by atoms with Crippen molar-refractivity contribution >= 4 is 39.4 Å². The number of rotatable bonds is 7. The van der Waals surface area contributed by atoms with E-state index in [0.29, 0.717) is 0 Å². The standard InChI is InChI=1S/C24H24ClN3O3S/c1-17-13-14-20(19(3)18(17)2)15-26-27-24(29)16-28(23-12-8-7-11-22(23)25)32(30,31)21-9-5-4-6-10-21/h4-15H,16H2,1-3H3,(H,27,29)/b26-15+. The van der Waals surface area contributed by atoms with Gasteiger partial charge in [-0.05, 0) is 67.3 Å². The molecule has 1 amide bonds. The average Bonchev–Trinajstić information content (AvgIpc) is 2.78. The second-order valence-corrected chi connectivity index (χ2v) is 9.56. The molecule has 0 heterocycles. The Balaban J connectivity index is 1.85. The summed E-state index contributed by atoms with van der Waals surface area (Å²) in [7, 11) is -4.03. The van der Waals surface area contributed by atoms with Crippen LogP contribution in [0.1, 0.15) is 22.3 Å². The number of carbonyl (C=O) groups excluding carboxylic acids is 1. The summed E-state index contributed by atoms with van der Waals surface area (Å²) in [5.74, 6) is -0.595. The molecule has 0 radical (unpaired) electrons. The maximum atomic E-state index is 13.3. The first-order valence-electron chi connectivity index (χ1n) is 9.93. The maximum absolute atomic E-state index is 13.3. The number of hydrazone groups is 1. The van der Waals surface area contributed by atoms with E-state index in [9.17, 15) is 13.2 Å². The Bertz CT molecular complexity index is 1260. The van der Waals surface area contributed by atoms with Crippen LogP contribution in [-0.2, 0) is 14.8 Å². The summed E-state index contributed by atoms with van der Waals surface area (Å²) in [5, 5.41) is 4.23. The Morgan fingerprint density at radius 1 is 0.969 bits per heavy atom. The lowest BCUT2D eigenvalue weighted by molar-refractivity contribution is -0.119. The van der Waals surface area contributed by atoms with Crippen molar-refractivity contribution in [3.05, 3.63) is 94.0 Å². The second kappa shape index (κ2) is 9.97. The predicted molar refractivity (Wildman–Crippen MR) is 129 cm³/mol. The molecule has 0 aliphatic rings. The normalized spacial score (nSPS) is 11.5. The van der Waals surface area contributed by atoms with Crippen molar-refractivity contribution in [3.63, 3.8) is 0 Å². The largest absolute Gasteiger partial charge is 0.271 e. The Hall–Kier alpha value is -3.16. The van der Waals surface area contributed by atoms with Gasteiger partial charge in [0, 0.05) is 0 Å². The van der Waals surface area contributed by atoms with Gasteiger partial charge in [-0.25, -0.2) is 13.8 Å². The van der Waals surface area contributed by atoms with Crippen LogP contribution in [0.2, 0.25) is 5.02 Å². The topological polar surface area (TPSA) is 78.8 Å². The number of hydrogen-bond donors (Lipinski definition) is 1. The fourth-order valence-corrected chi connectivity index (χ4v) is 4.88. The van der Waals surface area contributed by atoms with Crippen LogP contribution in [-0.4, -0.2) is 27.1 Å². The maximum Gasteiger partial charge on any atom is 0.264 e. The van der Waals surface area contributed by atoms with Crippen molar-refractivity contribution in [3.8, 4) is 0 Å². The van der Waals surface area contributed by atoms with Gasteiger partial charge in [-0.15, -0.1) is 0 Å². The number of para-hydroxylation sites is 1. The zero-order valence-corrected chi connectivity index (χ0v) is 19.6. The molecular formula is C24H24ClN3O3S. The summed E-state index contributed by atoms with van der Waals surface area (Å²) in [6.45, 7) is 5.55. The van der Waals surface area contributed by atoms with Gasteiger partial charge in [-0.3, -0.25) is 9.10 Å². The number of hydrogen-bond acceptors (Lipinski definition) is 4. The number of benzene rings is 3. The quantitative estimate of drug-likeness (QED) is 0.405. The molecule has 3 aromatic rings. The number of aryl methyl sites for hydroxylation is 1. The number of carbonyl (C=O) groups is 1. The van der Waals surface area contributed by atoms with Crippen molar-refractivity contribution in [2.24, 2.45) is 5.10 Å². The van der Waals surface area contributed by atoms with Gasteiger partial charge < -0.3 is 0 Å². The first-order chi connectivity index (χ1) is 15.2. The van der Waals surface area contributed by atoms with Crippen LogP contribution in [0.4, 0.5) is 5.69 Å². The zero-order valence-electron chi connectivity index (χ0n) is 18.0. The lowest BCUT2D eigenvalue weighted by Crippen LogP contribution is -2.39. The molecule has 3 rings (SSSR count). The molecule has 0 aromatic heterocycles. The van der Waals surface area contributed by atoms with Gasteiger partial charge in [0.2, 0.25) is 0 Å². The Morgan fingerprint density at radius 2 is 1.62 bits per heavy atom. The van der Waals surface area contributed by atoms with Gasteiger partial charge in [0.15, 0.2) is 0 Å². The van der Waals surface area contributed by atoms with E-state index in [2.05, 4.69) is 10.5 Å². The van der Waals surface area contributed by atoms with E-state index in [1.165, 1.54) is 17.7 Å². The highest BCUT2D eigenvalue weighted by Crippen LogP contribution is 2.30. The highest BCUT2D eigenvalue weighted by atomic mass is 35.5. The predicted octanol–water partition coefficient (Wildman–Crippen LogP) is 4.61. The zero-order chi connectivity index (χ0) is 23.3. The Kier molecular flexibility index (Phi) is 7.33. The van der Waals surface area contributed by atoms with E-state index in [1.54, 1.807) is 48.7 Å². The monoisotopic (exact) mass is 469 g/mol. The summed E-state index contributed by atoms with van der Waals surface area (Å²) >= 11 is 6.26. The van der Waals surface area contributed by atoms with Crippen molar-refractivity contribution in [2.75, 3.05) is 10.8 Å². The number of nitrogens with zero attached hydrogens (tertiary/aromatic N) is 2. The van der Waals surface area contributed by atoms with E-state index >= 15 is 0 Å². The van der Waals surface area contributed by atoms with E-state index < -0.39 is 22.5 Å². The molecule has 0 saturated heterocycles. The van der Waals surface area contributed by atoms with Crippen LogP contribution in [0.15, 0.2) is 76.7 Å². The van der Waals surface area contributed by atoms with Gasteiger partial charge in [0.1, 0.15) is 6.54 Å². The van der Waals surface area contributed by atoms with Gasteiger partial charge in [-0.1, -0.05) is 54.1 Å². The highest BCUT2D eigenvalue weighted by Gasteiger charge is 2.28. The molecule has 0 unspecified atom stereocenters. The van der Waals surface area contributed by atoms with E-state index in [-0.39, 0.29) is 15.6 Å². The fraction of sp³-hybridized carbons (Fsp3) is 0.167. The van der Waals surface area contributed by atoms with Gasteiger partial charge >= 0.3 is 0 Å². The van der Waals surface area contributed by atoms with Crippen molar-refractivity contribution in [2.45, 2.75) is 25.7 Å².